The molecule has 1 aliphatic rings. The molecular weight excluding hydrogens is 296 g/mol. The molecular formula is C18H18O5. The van der Waals surface area contributed by atoms with Crippen molar-refractivity contribution in [2.45, 2.75) is 19.3 Å². The minimum Gasteiger partial charge on any atom is -0.493 e. The van der Waals surface area contributed by atoms with Crippen molar-refractivity contribution in [1.82, 2.24) is 0 Å². The van der Waals surface area contributed by atoms with E-state index >= 15 is 0 Å². The van der Waals surface area contributed by atoms with Crippen LogP contribution in [0.5, 0.6) is 11.5 Å². The van der Waals surface area contributed by atoms with Gasteiger partial charge in [0.25, 0.3) is 0 Å². The van der Waals surface area contributed by atoms with Gasteiger partial charge in [0.2, 0.25) is 6.29 Å². The quantitative estimate of drug-likeness (QED) is 0.627. The molecule has 23 heavy (non-hydrogen) atoms. The molecule has 1 aliphatic heterocycles. The zero-order valence-electron chi connectivity index (χ0n) is 13.1. The molecule has 0 saturated carbocycles. The van der Waals surface area contributed by atoms with Gasteiger partial charge in [0, 0.05) is 18.2 Å². The lowest BCUT2D eigenvalue weighted by atomic mass is 10.0. The summed E-state index contributed by atoms with van der Waals surface area (Å²) in [5.74, 6) is 0.896. The fourth-order valence-corrected chi connectivity index (χ4v) is 2.59. The summed E-state index contributed by atoms with van der Waals surface area (Å²) < 4.78 is 22.1. The second kappa shape index (κ2) is 6.71. The van der Waals surface area contributed by atoms with Gasteiger partial charge < -0.3 is 18.9 Å². The molecule has 2 aromatic carbocycles. The summed E-state index contributed by atoms with van der Waals surface area (Å²) in [5, 5.41) is 0. The molecule has 0 radical (unpaired) electrons. The predicted molar refractivity (Wildman–Crippen MR) is 83.3 cm³/mol. The van der Waals surface area contributed by atoms with Gasteiger partial charge in [-0.25, -0.2) is 0 Å². The number of esters is 1. The number of carbonyl (C=O) groups is 1. The van der Waals surface area contributed by atoms with Crippen LogP contribution in [0.4, 0.5) is 0 Å². The van der Waals surface area contributed by atoms with Crippen molar-refractivity contribution in [3.8, 4) is 11.5 Å². The fraction of sp³-hybridized carbons (Fsp3) is 0.278. The second-order valence-electron chi connectivity index (χ2n) is 5.17. The van der Waals surface area contributed by atoms with Gasteiger partial charge in [-0.05, 0) is 11.6 Å². The largest absolute Gasteiger partial charge is 0.493 e. The Bertz CT molecular complexity index is 696. The first kappa shape index (κ1) is 15.4. The van der Waals surface area contributed by atoms with E-state index in [4.69, 9.17) is 18.9 Å². The summed E-state index contributed by atoms with van der Waals surface area (Å²) >= 11 is 0. The molecule has 0 fully saturated rings. The Kier molecular flexibility index (Phi) is 4.48. The lowest BCUT2D eigenvalue weighted by molar-refractivity contribution is -0.145. The number of rotatable bonds is 5. The van der Waals surface area contributed by atoms with Crippen LogP contribution in [0.15, 0.2) is 42.5 Å². The van der Waals surface area contributed by atoms with Crippen molar-refractivity contribution in [3.05, 3.63) is 59.2 Å². The molecule has 0 saturated heterocycles. The number of ether oxygens (including phenoxy) is 4. The van der Waals surface area contributed by atoms with Crippen molar-refractivity contribution in [3.63, 3.8) is 0 Å². The molecule has 3 rings (SSSR count). The molecule has 1 unspecified atom stereocenters. The number of carbonyl (C=O) groups excluding carboxylic acids is 1. The molecule has 0 spiro atoms. The van der Waals surface area contributed by atoms with Crippen LogP contribution in [-0.2, 0) is 27.3 Å². The standard InChI is InChI=1S/C18H18O5/c1-20-15-9-8-13-10-16(19)22-11-14(13)17(15)23-18(21-2)12-6-4-3-5-7-12/h3-9,18H,10-11H2,1-2H3. The third-order valence-electron chi connectivity index (χ3n) is 3.76. The van der Waals surface area contributed by atoms with Crippen LogP contribution in [0.25, 0.3) is 0 Å². The minimum absolute atomic E-state index is 0.173. The van der Waals surface area contributed by atoms with E-state index in [-0.39, 0.29) is 19.0 Å². The molecule has 0 aromatic heterocycles. The van der Waals surface area contributed by atoms with Crippen LogP contribution >= 0.6 is 0 Å². The number of benzene rings is 2. The Morgan fingerprint density at radius 2 is 1.87 bits per heavy atom. The molecule has 0 bridgehead atoms. The lowest BCUT2D eigenvalue weighted by Gasteiger charge is -2.25. The summed E-state index contributed by atoms with van der Waals surface area (Å²) in [7, 11) is 3.16. The van der Waals surface area contributed by atoms with E-state index in [9.17, 15) is 4.79 Å². The molecule has 0 N–H and O–H groups in total. The SMILES string of the molecule is COc1ccc2c(c1OC(OC)c1ccccc1)COC(=O)C2. The molecule has 120 valence electrons. The second-order valence-corrected chi connectivity index (χ2v) is 5.17. The highest BCUT2D eigenvalue weighted by Gasteiger charge is 2.25. The fourth-order valence-electron chi connectivity index (χ4n) is 2.59. The zero-order valence-corrected chi connectivity index (χ0v) is 13.1. The highest BCUT2D eigenvalue weighted by molar-refractivity contribution is 5.76. The maximum absolute atomic E-state index is 11.5. The molecule has 5 nitrogen and oxygen atoms in total. The number of hydrogen-bond donors (Lipinski definition) is 0. The molecule has 0 amide bonds. The van der Waals surface area contributed by atoms with Crippen LogP contribution < -0.4 is 9.47 Å². The number of hydrogen-bond acceptors (Lipinski definition) is 5. The van der Waals surface area contributed by atoms with Crippen LogP contribution in [0.2, 0.25) is 0 Å². The molecule has 5 heteroatoms. The molecule has 1 heterocycles. The first-order valence-corrected chi connectivity index (χ1v) is 7.31. The Morgan fingerprint density at radius 1 is 1.09 bits per heavy atom. The highest BCUT2D eigenvalue weighted by atomic mass is 16.7. The normalized spacial score (nSPS) is 14.6. The predicted octanol–water partition coefficient (Wildman–Crippen LogP) is 3.02. The summed E-state index contributed by atoms with van der Waals surface area (Å²) in [6.07, 6.45) is -0.340. The molecule has 2 aromatic rings. The van der Waals surface area contributed by atoms with E-state index in [0.717, 1.165) is 16.7 Å². The van der Waals surface area contributed by atoms with Gasteiger partial charge in [0.05, 0.1) is 13.5 Å². The third kappa shape index (κ3) is 3.14. The van der Waals surface area contributed by atoms with Gasteiger partial charge in [-0.15, -0.1) is 0 Å². The van der Waals surface area contributed by atoms with Crippen LogP contribution in [0.3, 0.4) is 0 Å². The van der Waals surface area contributed by atoms with Crippen molar-refractivity contribution in [2.75, 3.05) is 14.2 Å². The summed E-state index contributed by atoms with van der Waals surface area (Å²) in [6, 6.07) is 13.3. The van der Waals surface area contributed by atoms with E-state index in [1.54, 1.807) is 20.3 Å². The smallest absolute Gasteiger partial charge is 0.310 e. The Hall–Kier alpha value is -2.53. The van der Waals surface area contributed by atoms with Gasteiger partial charge in [-0.1, -0.05) is 36.4 Å². The minimum atomic E-state index is -0.575. The van der Waals surface area contributed by atoms with E-state index in [2.05, 4.69) is 0 Å². The molecule has 1 atom stereocenters. The summed E-state index contributed by atoms with van der Waals surface area (Å²) in [6.45, 7) is 0.173. The van der Waals surface area contributed by atoms with Gasteiger partial charge in [-0.2, -0.15) is 0 Å². The highest BCUT2D eigenvalue weighted by Crippen LogP contribution is 2.39. The maximum atomic E-state index is 11.5. The van der Waals surface area contributed by atoms with E-state index in [1.165, 1.54) is 0 Å². The van der Waals surface area contributed by atoms with Crippen molar-refractivity contribution >= 4 is 5.97 Å². The number of methoxy groups -OCH3 is 2. The summed E-state index contributed by atoms with van der Waals surface area (Å²) in [5.41, 5.74) is 2.60. The van der Waals surface area contributed by atoms with Crippen LogP contribution in [-0.4, -0.2) is 20.2 Å². The summed E-state index contributed by atoms with van der Waals surface area (Å²) in [4.78, 5) is 11.5. The Labute approximate surface area is 134 Å². The average molecular weight is 314 g/mol. The Balaban J connectivity index is 1.98. The third-order valence-corrected chi connectivity index (χ3v) is 3.76. The van der Waals surface area contributed by atoms with E-state index in [1.807, 2.05) is 36.4 Å². The lowest BCUT2D eigenvalue weighted by Crippen LogP contribution is -2.19. The average Bonchev–Trinajstić information content (AvgIpc) is 2.60. The topological polar surface area (TPSA) is 54.0 Å². The molecule has 0 aliphatic carbocycles. The monoisotopic (exact) mass is 314 g/mol. The number of cyclic esters (lactones) is 1. The van der Waals surface area contributed by atoms with Crippen LogP contribution in [0, 0.1) is 0 Å². The first-order chi connectivity index (χ1) is 11.2. The first-order valence-electron chi connectivity index (χ1n) is 7.31. The zero-order chi connectivity index (χ0) is 16.2. The Morgan fingerprint density at radius 3 is 2.57 bits per heavy atom. The maximum Gasteiger partial charge on any atom is 0.310 e. The van der Waals surface area contributed by atoms with Gasteiger partial charge >= 0.3 is 5.97 Å². The van der Waals surface area contributed by atoms with Crippen molar-refractivity contribution < 1.29 is 23.7 Å². The van der Waals surface area contributed by atoms with Crippen molar-refractivity contribution in [1.29, 1.82) is 0 Å². The van der Waals surface area contributed by atoms with Crippen molar-refractivity contribution in [2.24, 2.45) is 0 Å². The van der Waals surface area contributed by atoms with E-state index in [0.29, 0.717) is 11.5 Å². The van der Waals surface area contributed by atoms with Gasteiger partial charge in [0.1, 0.15) is 6.61 Å². The van der Waals surface area contributed by atoms with Crippen LogP contribution in [0.1, 0.15) is 23.0 Å². The van der Waals surface area contributed by atoms with Gasteiger partial charge in [-0.3, -0.25) is 4.79 Å². The van der Waals surface area contributed by atoms with Gasteiger partial charge in [0.15, 0.2) is 11.5 Å². The number of fused-ring (bicyclic) bond motifs is 1. The van der Waals surface area contributed by atoms with E-state index < -0.39 is 6.29 Å².